The van der Waals surface area contributed by atoms with Crippen LogP contribution in [-0.4, -0.2) is 50.7 Å². The van der Waals surface area contributed by atoms with Crippen molar-refractivity contribution in [2.75, 3.05) is 25.5 Å². The van der Waals surface area contributed by atoms with Gasteiger partial charge in [0.25, 0.3) is 0 Å². The summed E-state index contributed by atoms with van der Waals surface area (Å²) < 4.78 is 43.0. The molecule has 1 unspecified atom stereocenters. The first-order valence-electron chi connectivity index (χ1n) is 12.2. The minimum atomic E-state index is -4.58. The second-order valence-electron chi connectivity index (χ2n) is 9.51. The Kier molecular flexibility index (Phi) is 7.77. The Balaban J connectivity index is 1.50. The van der Waals surface area contributed by atoms with Gasteiger partial charge in [-0.05, 0) is 76.7 Å². The number of carbonyl (C=O) groups is 1. The first-order valence-corrected chi connectivity index (χ1v) is 12.2. The van der Waals surface area contributed by atoms with Gasteiger partial charge in [0.2, 0.25) is 11.9 Å². The average Bonchev–Trinajstić information content (AvgIpc) is 3.30. The van der Waals surface area contributed by atoms with Crippen LogP contribution in [-0.2, 0) is 17.4 Å². The number of carbonyl (C=O) groups excluding carboxylic acids is 1. The number of likely N-dealkylation sites (tertiary alicyclic amines) is 1. The van der Waals surface area contributed by atoms with Crippen LogP contribution in [0.5, 0.6) is 0 Å². The first-order chi connectivity index (χ1) is 17.1. The van der Waals surface area contributed by atoms with E-state index in [1.807, 2.05) is 23.0 Å². The summed E-state index contributed by atoms with van der Waals surface area (Å²) in [4.78, 5) is 22.1. The van der Waals surface area contributed by atoms with Gasteiger partial charge in [0.05, 0.1) is 35.1 Å². The summed E-state index contributed by atoms with van der Waals surface area (Å²) in [7, 11) is 2.09. The zero-order chi connectivity index (χ0) is 25.9. The molecule has 3 heterocycles. The number of nitrogens with two attached hydrogens (primary N) is 1. The molecule has 1 saturated heterocycles. The number of nitrogens with one attached hydrogen (secondary N) is 1. The molecule has 1 amide bonds. The molecule has 1 aliphatic heterocycles. The second kappa shape index (κ2) is 10.8. The molecule has 194 valence electrons. The molecule has 0 spiro atoms. The highest BCUT2D eigenvalue weighted by molar-refractivity contribution is 5.80. The van der Waals surface area contributed by atoms with Crippen LogP contribution in [0.3, 0.4) is 0 Å². The SMILES string of the molecule is CC(C(N)=O)C1=CCCC=C1CCc1nc(Nc2cnn(C3CCN(C)CC3)c2)ncc1C(F)(F)F. The summed E-state index contributed by atoms with van der Waals surface area (Å²) in [5.74, 6) is -0.874. The highest BCUT2D eigenvalue weighted by Gasteiger charge is 2.35. The van der Waals surface area contributed by atoms with E-state index < -0.39 is 23.6 Å². The lowest BCUT2D eigenvalue weighted by atomic mass is 9.85. The third-order valence-corrected chi connectivity index (χ3v) is 6.91. The lowest BCUT2D eigenvalue weighted by Crippen LogP contribution is -2.31. The van der Waals surface area contributed by atoms with E-state index in [0.717, 1.165) is 56.1 Å². The Bertz CT molecular complexity index is 1150. The average molecular weight is 504 g/mol. The molecule has 2 aliphatic rings. The number of nitrogens with zero attached hydrogens (tertiary/aromatic N) is 5. The van der Waals surface area contributed by atoms with E-state index in [4.69, 9.17) is 5.73 Å². The summed E-state index contributed by atoms with van der Waals surface area (Å²) in [5.41, 5.74) is 6.76. The number of halogens is 3. The molecule has 36 heavy (non-hydrogen) atoms. The number of amides is 1. The van der Waals surface area contributed by atoms with Crippen molar-refractivity contribution in [3.8, 4) is 0 Å². The van der Waals surface area contributed by atoms with Gasteiger partial charge in [-0.3, -0.25) is 9.48 Å². The molecule has 3 N–H and O–H groups in total. The van der Waals surface area contributed by atoms with Crippen molar-refractivity contribution in [1.29, 1.82) is 0 Å². The van der Waals surface area contributed by atoms with E-state index in [-0.39, 0.29) is 24.1 Å². The van der Waals surface area contributed by atoms with E-state index in [2.05, 4.69) is 32.3 Å². The Morgan fingerprint density at radius 3 is 2.61 bits per heavy atom. The number of primary amides is 1. The third-order valence-electron chi connectivity index (χ3n) is 6.91. The van der Waals surface area contributed by atoms with Gasteiger partial charge in [-0.2, -0.15) is 18.3 Å². The van der Waals surface area contributed by atoms with Crippen LogP contribution in [0.15, 0.2) is 41.9 Å². The molecule has 1 aliphatic carbocycles. The van der Waals surface area contributed by atoms with Crippen molar-refractivity contribution in [2.45, 2.75) is 57.7 Å². The van der Waals surface area contributed by atoms with Crippen molar-refractivity contribution >= 4 is 17.5 Å². The number of rotatable bonds is 8. The standard InChI is InChI=1S/C25H32F3N7O/c1-16(23(29)36)20-6-4-3-5-17(20)7-8-22-21(25(26,27)28)14-30-24(33-22)32-18-13-31-35(15-18)19-9-11-34(2)12-10-19/h5-6,13-16,19H,3-4,7-12H2,1-2H3,(H2,29,36)(H,30,32,33). The zero-order valence-corrected chi connectivity index (χ0v) is 20.6. The molecule has 4 rings (SSSR count). The highest BCUT2D eigenvalue weighted by atomic mass is 19.4. The van der Waals surface area contributed by atoms with Gasteiger partial charge in [0, 0.05) is 12.4 Å². The smallest absolute Gasteiger partial charge is 0.369 e. The Morgan fingerprint density at radius 2 is 1.92 bits per heavy atom. The van der Waals surface area contributed by atoms with Crippen LogP contribution in [0.4, 0.5) is 24.8 Å². The Labute approximate surface area is 208 Å². The van der Waals surface area contributed by atoms with Gasteiger partial charge < -0.3 is 16.0 Å². The highest BCUT2D eigenvalue weighted by Crippen LogP contribution is 2.34. The van der Waals surface area contributed by atoms with Crippen LogP contribution in [0.2, 0.25) is 0 Å². The summed E-state index contributed by atoms with van der Waals surface area (Å²) in [6.45, 7) is 3.70. The summed E-state index contributed by atoms with van der Waals surface area (Å²) in [5, 5.41) is 7.43. The molecule has 8 nitrogen and oxygen atoms in total. The lowest BCUT2D eigenvalue weighted by molar-refractivity contribution is -0.138. The summed E-state index contributed by atoms with van der Waals surface area (Å²) >= 11 is 0. The molecule has 0 radical (unpaired) electrons. The quantitative estimate of drug-likeness (QED) is 0.554. The summed E-state index contributed by atoms with van der Waals surface area (Å²) in [6.07, 6.45) is 7.53. The molecular weight excluding hydrogens is 471 g/mol. The molecule has 2 aromatic rings. The molecule has 0 bridgehead atoms. The van der Waals surface area contributed by atoms with E-state index in [1.54, 1.807) is 13.1 Å². The number of aryl methyl sites for hydroxylation is 1. The fourth-order valence-corrected chi connectivity index (χ4v) is 4.75. The van der Waals surface area contributed by atoms with Crippen LogP contribution < -0.4 is 11.1 Å². The molecule has 1 atom stereocenters. The number of anilines is 2. The van der Waals surface area contributed by atoms with Crippen LogP contribution in [0.25, 0.3) is 0 Å². The number of allylic oxidation sites excluding steroid dienone is 3. The van der Waals surface area contributed by atoms with E-state index >= 15 is 0 Å². The normalized spacial score (nSPS) is 18.5. The molecule has 1 fully saturated rings. The van der Waals surface area contributed by atoms with Crippen molar-refractivity contribution in [3.63, 3.8) is 0 Å². The van der Waals surface area contributed by atoms with Gasteiger partial charge in [0.15, 0.2) is 0 Å². The van der Waals surface area contributed by atoms with Gasteiger partial charge >= 0.3 is 6.18 Å². The molecule has 0 aromatic carbocycles. The topological polar surface area (TPSA) is 102 Å². The Hall–Kier alpha value is -3.21. The number of hydrogen-bond donors (Lipinski definition) is 2. The van der Waals surface area contributed by atoms with Gasteiger partial charge in [-0.1, -0.05) is 12.2 Å². The predicted molar refractivity (Wildman–Crippen MR) is 130 cm³/mol. The van der Waals surface area contributed by atoms with Crippen LogP contribution >= 0.6 is 0 Å². The molecule has 2 aromatic heterocycles. The van der Waals surface area contributed by atoms with Gasteiger partial charge in [0.1, 0.15) is 0 Å². The minimum absolute atomic E-state index is 0.0511. The van der Waals surface area contributed by atoms with Crippen molar-refractivity contribution in [2.24, 2.45) is 11.7 Å². The first kappa shape index (κ1) is 25.9. The lowest BCUT2D eigenvalue weighted by Gasteiger charge is -2.28. The number of hydrogen-bond acceptors (Lipinski definition) is 6. The number of aromatic nitrogens is 4. The maximum Gasteiger partial charge on any atom is 0.419 e. The fourth-order valence-electron chi connectivity index (χ4n) is 4.75. The number of alkyl halides is 3. The van der Waals surface area contributed by atoms with Crippen molar-refractivity contribution in [1.82, 2.24) is 24.6 Å². The fraction of sp³-hybridized carbons (Fsp3) is 0.520. The third kappa shape index (κ3) is 6.13. The number of piperidine rings is 1. The van der Waals surface area contributed by atoms with Crippen LogP contribution in [0, 0.1) is 5.92 Å². The van der Waals surface area contributed by atoms with Crippen molar-refractivity contribution in [3.05, 3.63) is 53.1 Å². The molecule has 11 heteroatoms. The molecule has 0 saturated carbocycles. The van der Waals surface area contributed by atoms with Crippen LogP contribution in [0.1, 0.15) is 56.3 Å². The van der Waals surface area contributed by atoms with E-state index in [1.165, 1.54) is 0 Å². The largest absolute Gasteiger partial charge is 0.419 e. The van der Waals surface area contributed by atoms with E-state index in [9.17, 15) is 18.0 Å². The minimum Gasteiger partial charge on any atom is -0.369 e. The van der Waals surface area contributed by atoms with Gasteiger partial charge in [-0.25, -0.2) is 9.97 Å². The second-order valence-corrected chi connectivity index (χ2v) is 9.51. The maximum atomic E-state index is 13.7. The van der Waals surface area contributed by atoms with E-state index in [0.29, 0.717) is 12.1 Å². The Morgan fingerprint density at radius 1 is 1.19 bits per heavy atom. The molecular formula is C25H32F3N7O. The van der Waals surface area contributed by atoms with Gasteiger partial charge in [-0.15, -0.1) is 0 Å². The predicted octanol–water partition coefficient (Wildman–Crippen LogP) is 4.40. The zero-order valence-electron chi connectivity index (χ0n) is 20.6. The maximum absolute atomic E-state index is 13.7. The summed E-state index contributed by atoms with van der Waals surface area (Å²) in [6, 6.07) is 0.287. The monoisotopic (exact) mass is 503 g/mol. The van der Waals surface area contributed by atoms with Crippen molar-refractivity contribution < 1.29 is 18.0 Å².